The molecule has 6 heteroatoms. The van der Waals surface area contributed by atoms with Crippen LogP contribution in [0.4, 0.5) is 0 Å². The number of hydrogen-bond acceptors (Lipinski definition) is 4. The van der Waals surface area contributed by atoms with Crippen LogP contribution < -0.4 is 14.8 Å². The SMILES string of the molecule is COc1ccc(CCNC(=O)[C@@H]2CC(=O)N(CCC(C)C)C2)cc1OC. The minimum Gasteiger partial charge on any atom is -0.493 e. The van der Waals surface area contributed by atoms with E-state index >= 15 is 0 Å². The Balaban J connectivity index is 1.79. The lowest BCUT2D eigenvalue weighted by molar-refractivity contribution is -0.129. The summed E-state index contributed by atoms with van der Waals surface area (Å²) in [7, 11) is 3.21. The van der Waals surface area contributed by atoms with Gasteiger partial charge in [0.1, 0.15) is 0 Å². The predicted molar refractivity (Wildman–Crippen MR) is 100 cm³/mol. The molecular weight excluding hydrogens is 332 g/mol. The van der Waals surface area contributed by atoms with E-state index in [-0.39, 0.29) is 17.7 Å². The van der Waals surface area contributed by atoms with Gasteiger partial charge in [0.25, 0.3) is 0 Å². The van der Waals surface area contributed by atoms with Crippen LogP contribution in [0.3, 0.4) is 0 Å². The van der Waals surface area contributed by atoms with Gasteiger partial charge < -0.3 is 19.7 Å². The second-order valence-electron chi connectivity index (χ2n) is 7.15. The molecule has 1 heterocycles. The fourth-order valence-corrected chi connectivity index (χ4v) is 3.09. The second kappa shape index (κ2) is 9.46. The normalized spacial score (nSPS) is 16.9. The maximum atomic E-state index is 12.4. The van der Waals surface area contributed by atoms with Crippen LogP contribution in [0.5, 0.6) is 11.5 Å². The third-order valence-corrected chi connectivity index (χ3v) is 4.72. The molecule has 0 bridgehead atoms. The van der Waals surface area contributed by atoms with Crippen LogP contribution in [-0.4, -0.2) is 50.6 Å². The van der Waals surface area contributed by atoms with Gasteiger partial charge in [-0.3, -0.25) is 9.59 Å². The second-order valence-corrected chi connectivity index (χ2v) is 7.15. The molecular formula is C20H30N2O4. The van der Waals surface area contributed by atoms with Gasteiger partial charge >= 0.3 is 0 Å². The Morgan fingerprint density at radius 1 is 1.27 bits per heavy atom. The van der Waals surface area contributed by atoms with Crippen LogP contribution in [0.1, 0.15) is 32.3 Å². The predicted octanol–water partition coefficient (Wildman–Crippen LogP) is 2.26. The van der Waals surface area contributed by atoms with E-state index in [1.54, 1.807) is 14.2 Å². The van der Waals surface area contributed by atoms with Crippen LogP contribution in [0, 0.1) is 11.8 Å². The van der Waals surface area contributed by atoms with Crippen molar-refractivity contribution < 1.29 is 19.1 Å². The minimum atomic E-state index is -0.236. The van der Waals surface area contributed by atoms with Crippen LogP contribution in [0.2, 0.25) is 0 Å². The number of ether oxygens (including phenoxy) is 2. The van der Waals surface area contributed by atoms with E-state index in [1.807, 2.05) is 23.1 Å². The highest BCUT2D eigenvalue weighted by Gasteiger charge is 2.33. The zero-order valence-electron chi connectivity index (χ0n) is 16.2. The fourth-order valence-electron chi connectivity index (χ4n) is 3.09. The van der Waals surface area contributed by atoms with Crippen LogP contribution in [0.15, 0.2) is 18.2 Å². The minimum absolute atomic E-state index is 0.0362. The molecule has 1 aliphatic heterocycles. The largest absolute Gasteiger partial charge is 0.493 e. The Morgan fingerprint density at radius 2 is 2.00 bits per heavy atom. The number of nitrogens with zero attached hydrogens (tertiary/aromatic N) is 1. The van der Waals surface area contributed by atoms with E-state index in [4.69, 9.17) is 9.47 Å². The highest BCUT2D eigenvalue weighted by atomic mass is 16.5. The molecule has 2 amide bonds. The number of benzene rings is 1. The lowest BCUT2D eigenvalue weighted by Crippen LogP contribution is -2.34. The smallest absolute Gasteiger partial charge is 0.225 e. The molecule has 0 aliphatic carbocycles. The highest BCUT2D eigenvalue weighted by molar-refractivity contribution is 5.89. The van der Waals surface area contributed by atoms with Crippen molar-refractivity contribution in [3.63, 3.8) is 0 Å². The van der Waals surface area contributed by atoms with Crippen molar-refractivity contribution in [2.75, 3.05) is 33.9 Å². The number of methoxy groups -OCH3 is 2. The zero-order valence-corrected chi connectivity index (χ0v) is 16.2. The van der Waals surface area contributed by atoms with Gasteiger partial charge in [0.2, 0.25) is 11.8 Å². The van der Waals surface area contributed by atoms with Gasteiger partial charge in [-0.2, -0.15) is 0 Å². The van der Waals surface area contributed by atoms with Gasteiger partial charge in [-0.25, -0.2) is 0 Å². The highest BCUT2D eigenvalue weighted by Crippen LogP contribution is 2.27. The fraction of sp³-hybridized carbons (Fsp3) is 0.600. The number of amides is 2. The number of nitrogens with one attached hydrogen (secondary N) is 1. The number of hydrogen-bond donors (Lipinski definition) is 1. The van der Waals surface area contributed by atoms with Gasteiger partial charge in [0.15, 0.2) is 11.5 Å². The van der Waals surface area contributed by atoms with E-state index in [0.717, 1.165) is 18.5 Å². The molecule has 1 saturated heterocycles. The Hall–Kier alpha value is -2.24. The monoisotopic (exact) mass is 362 g/mol. The third-order valence-electron chi connectivity index (χ3n) is 4.72. The van der Waals surface area contributed by atoms with E-state index < -0.39 is 0 Å². The number of rotatable bonds is 9. The molecule has 1 N–H and O–H groups in total. The molecule has 144 valence electrons. The average Bonchev–Trinajstić information content (AvgIpc) is 3.00. The summed E-state index contributed by atoms with van der Waals surface area (Å²) in [6.45, 7) is 6.09. The Morgan fingerprint density at radius 3 is 2.65 bits per heavy atom. The summed E-state index contributed by atoms with van der Waals surface area (Å²) in [6.07, 6.45) is 1.99. The molecule has 1 aromatic carbocycles. The van der Waals surface area contributed by atoms with Gasteiger partial charge in [0, 0.05) is 26.1 Å². The average molecular weight is 362 g/mol. The van der Waals surface area contributed by atoms with Crippen molar-refractivity contribution >= 4 is 11.8 Å². The molecule has 1 fully saturated rings. The van der Waals surface area contributed by atoms with E-state index in [0.29, 0.717) is 43.3 Å². The molecule has 0 saturated carbocycles. The van der Waals surface area contributed by atoms with Gasteiger partial charge in [-0.05, 0) is 36.5 Å². The van der Waals surface area contributed by atoms with Gasteiger partial charge in [0.05, 0.1) is 20.1 Å². The van der Waals surface area contributed by atoms with Crippen LogP contribution >= 0.6 is 0 Å². The molecule has 0 unspecified atom stereocenters. The Labute approximate surface area is 155 Å². The first-order valence-corrected chi connectivity index (χ1v) is 9.21. The Kier molecular flexibility index (Phi) is 7.30. The molecule has 1 aliphatic rings. The first-order chi connectivity index (χ1) is 12.4. The number of likely N-dealkylation sites (tertiary alicyclic amines) is 1. The zero-order chi connectivity index (χ0) is 19.1. The maximum absolute atomic E-state index is 12.4. The summed E-state index contributed by atoms with van der Waals surface area (Å²) in [6, 6.07) is 5.73. The van der Waals surface area contributed by atoms with Crippen LogP contribution in [0.25, 0.3) is 0 Å². The quantitative estimate of drug-likeness (QED) is 0.732. The van der Waals surface area contributed by atoms with Gasteiger partial charge in [-0.15, -0.1) is 0 Å². The Bertz CT molecular complexity index is 630. The summed E-state index contributed by atoms with van der Waals surface area (Å²) in [5.74, 6) is 1.73. The first kappa shape index (κ1) is 20.1. The van der Waals surface area contributed by atoms with Crippen molar-refractivity contribution in [3.05, 3.63) is 23.8 Å². The van der Waals surface area contributed by atoms with Gasteiger partial charge in [-0.1, -0.05) is 19.9 Å². The molecule has 0 spiro atoms. The van der Waals surface area contributed by atoms with Crippen molar-refractivity contribution in [2.45, 2.75) is 33.1 Å². The van der Waals surface area contributed by atoms with E-state index in [2.05, 4.69) is 19.2 Å². The maximum Gasteiger partial charge on any atom is 0.225 e. The van der Waals surface area contributed by atoms with Crippen molar-refractivity contribution in [3.8, 4) is 11.5 Å². The summed E-state index contributed by atoms with van der Waals surface area (Å²) in [5, 5.41) is 2.96. The summed E-state index contributed by atoms with van der Waals surface area (Å²) in [5.41, 5.74) is 1.06. The first-order valence-electron chi connectivity index (χ1n) is 9.21. The van der Waals surface area contributed by atoms with Crippen LogP contribution in [-0.2, 0) is 16.0 Å². The molecule has 6 nitrogen and oxygen atoms in total. The van der Waals surface area contributed by atoms with E-state index in [1.165, 1.54) is 0 Å². The standard InChI is InChI=1S/C20H30N2O4/c1-14(2)8-10-22-13-16(12-19(22)23)20(24)21-9-7-15-5-6-17(25-3)18(11-15)26-4/h5-6,11,14,16H,7-10,12-13H2,1-4H3,(H,21,24)/t16-/m1/s1. The molecule has 0 radical (unpaired) electrons. The summed E-state index contributed by atoms with van der Waals surface area (Å²) < 4.78 is 10.5. The van der Waals surface area contributed by atoms with Crippen molar-refractivity contribution in [2.24, 2.45) is 11.8 Å². The molecule has 1 atom stereocenters. The third kappa shape index (κ3) is 5.38. The van der Waals surface area contributed by atoms with Crippen molar-refractivity contribution in [1.29, 1.82) is 0 Å². The number of carbonyl (C=O) groups excluding carboxylic acids is 2. The summed E-state index contributed by atoms with van der Waals surface area (Å²) >= 11 is 0. The summed E-state index contributed by atoms with van der Waals surface area (Å²) in [4.78, 5) is 26.2. The van der Waals surface area contributed by atoms with Crippen molar-refractivity contribution in [1.82, 2.24) is 10.2 Å². The van der Waals surface area contributed by atoms with E-state index in [9.17, 15) is 9.59 Å². The molecule has 2 rings (SSSR count). The lowest BCUT2D eigenvalue weighted by Gasteiger charge is -2.17. The molecule has 0 aromatic heterocycles. The molecule has 1 aromatic rings. The number of carbonyl (C=O) groups is 2. The molecule has 26 heavy (non-hydrogen) atoms. The lowest BCUT2D eigenvalue weighted by atomic mass is 10.1. The topological polar surface area (TPSA) is 67.9 Å².